The van der Waals surface area contributed by atoms with Gasteiger partial charge in [-0.05, 0) is 31.4 Å². The van der Waals surface area contributed by atoms with E-state index in [4.69, 9.17) is 0 Å². The molecule has 1 aromatic heterocycles. The van der Waals surface area contributed by atoms with Crippen LogP contribution in [0.3, 0.4) is 0 Å². The number of hydrazone groups is 1. The van der Waals surface area contributed by atoms with Gasteiger partial charge in [-0.25, -0.2) is 10.2 Å². The van der Waals surface area contributed by atoms with E-state index in [9.17, 15) is 19.5 Å². The quantitative estimate of drug-likeness (QED) is 0.542. The zero-order valence-electron chi connectivity index (χ0n) is 15.8. The fourth-order valence-corrected chi connectivity index (χ4v) is 3.56. The van der Waals surface area contributed by atoms with Gasteiger partial charge in [0.05, 0.1) is 5.71 Å². The average Bonchev–Trinajstić information content (AvgIpc) is 2.71. The molecule has 2 aromatic rings. The number of H-pyrrole nitrogens is 1. The Morgan fingerprint density at radius 3 is 2.54 bits per heavy atom. The number of benzene rings is 1. The van der Waals surface area contributed by atoms with Crippen LogP contribution in [0.4, 0.5) is 0 Å². The van der Waals surface area contributed by atoms with E-state index in [-0.39, 0.29) is 23.7 Å². The molecule has 1 fully saturated rings. The van der Waals surface area contributed by atoms with Crippen molar-refractivity contribution in [3.8, 4) is 5.88 Å². The van der Waals surface area contributed by atoms with Crippen LogP contribution in [-0.2, 0) is 0 Å². The number of nitrogens with zero attached hydrogens (tertiary/aromatic N) is 2. The normalized spacial score (nSPS) is 15.4. The van der Waals surface area contributed by atoms with Crippen molar-refractivity contribution >= 4 is 11.6 Å². The Labute approximate surface area is 161 Å². The summed E-state index contributed by atoms with van der Waals surface area (Å²) in [6.07, 6.45) is 4.84. The van der Waals surface area contributed by atoms with Crippen LogP contribution in [0.1, 0.15) is 67.4 Å². The maximum atomic E-state index is 12.4. The third-order valence-corrected chi connectivity index (χ3v) is 5.01. The molecule has 3 N–H and O–H groups in total. The van der Waals surface area contributed by atoms with Gasteiger partial charge in [0.2, 0.25) is 5.88 Å². The minimum atomic E-state index is -0.718. The Balaban J connectivity index is 1.96. The Hall–Kier alpha value is -3.16. The topological polar surface area (TPSA) is 117 Å². The molecular weight excluding hydrogens is 360 g/mol. The van der Waals surface area contributed by atoms with E-state index in [0.717, 1.165) is 32.1 Å². The number of rotatable bonds is 5. The molecule has 0 unspecified atom stereocenters. The van der Waals surface area contributed by atoms with Crippen LogP contribution in [0.5, 0.6) is 5.88 Å². The second-order valence-electron chi connectivity index (χ2n) is 6.84. The van der Waals surface area contributed by atoms with E-state index in [0.29, 0.717) is 5.56 Å². The van der Waals surface area contributed by atoms with E-state index in [1.54, 1.807) is 37.3 Å². The molecule has 1 heterocycles. The fourth-order valence-electron chi connectivity index (χ4n) is 3.56. The number of aromatic nitrogens is 2. The minimum Gasteiger partial charge on any atom is -0.494 e. The maximum Gasteiger partial charge on any atom is 0.331 e. The smallest absolute Gasteiger partial charge is 0.331 e. The van der Waals surface area contributed by atoms with Crippen molar-refractivity contribution < 1.29 is 9.90 Å². The summed E-state index contributed by atoms with van der Waals surface area (Å²) < 4.78 is 1.25. The lowest BCUT2D eigenvalue weighted by Gasteiger charge is -2.25. The largest absolute Gasteiger partial charge is 0.494 e. The van der Waals surface area contributed by atoms with Gasteiger partial charge < -0.3 is 5.11 Å². The van der Waals surface area contributed by atoms with Crippen molar-refractivity contribution in [3.63, 3.8) is 0 Å². The summed E-state index contributed by atoms with van der Waals surface area (Å²) in [5.41, 5.74) is 1.61. The third-order valence-electron chi connectivity index (χ3n) is 5.01. The van der Waals surface area contributed by atoms with Gasteiger partial charge in [0.15, 0.2) is 0 Å². The number of amides is 1. The van der Waals surface area contributed by atoms with E-state index in [1.807, 2.05) is 0 Å². The lowest BCUT2D eigenvalue weighted by atomic mass is 9.95. The van der Waals surface area contributed by atoms with Gasteiger partial charge in [-0.15, -0.1) is 0 Å². The predicted octanol–water partition coefficient (Wildman–Crippen LogP) is 2.29. The molecule has 1 aromatic carbocycles. The van der Waals surface area contributed by atoms with Crippen molar-refractivity contribution in [2.24, 2.45) is 5.10 Å². The van der Waals surface area contributed by atoms with Gasteiger partial charge in [0.1, 0.15) is 5.56 Å². The first-order valence-electron chi connectivity index (χ1n) is 9.53. The molecule has 0 saturated heterocycles. The second-order valence-corrected chi connectivity index (χ2v) is 6.84. The number of nitrogens with one attached hydrogen (secondary N) is 2. The van der Waals surface area contributed by atoms with Crippen LogP contribution in [-0.4, -0.2) is 26.3 Å². The molecule has 1 aliphatic rings. The lowest BCUT2D eigenvalue weighted by Crippen LogP contribution is -2.37. The van der Waals surface area contributed by atoms with Crippen molar-refractivity contribution in [3.05, 3.63) is 62.3 Å². The second kappa shape index (κ2) is 8.69. The molecule has 0 aliphatic heterocycles. The van der Waals surface area contributed by atoms with Crippen LogP contribution in [0.25, 0.3) is 0 Å². The van der Waals surface area contributed by atoms with Crippen LogP contribution < -0.4 is 16.7 Å². The number of aromatic amines is 1. The van der Waals surface area contributed by atoms with Crippen LogP contribution in [0, 0.1) is 0 Å². The molecule has 1 amide bonds. The number of carbonyl (C=O) groups is 1. The first kappa shape index (κ1) is 19.6. The van der Waals surface area contributed by atoms with E-state index in [2.05, 4.69) is 15.5 Å². The molecule has 148 valence electrons. The Bertz CT molecular complexity index is 986. The molecule has 0 atom stereocenters. The predicted molar refractivity (Wildman–Crippen MR) is 106 cm³/mol. The van der Waals surface area contributed by atoms with Gasteiger partial charge in [-0.2, -0.15) is 5.10 Å². The Morgan fingerprint density at radius 1 is 1.21 bits per heavy atom. The lowest BCUT2D eigenvalue weighted by molar-refractivity contribution is 0.0954. The molecule has 1 saturated carbocycles. The highest BCUT2D eigenvalue weighted by atomic mass is 16.3. The maximum absolute atomic E-state index is 12.4. The minimum absolute atomic E-state index is 0.0824. The Morgan fingerprint density at radius 2 is 1.89 bits per heavy atom. The van der Waals surface area contributed by atoms with Crippen molar-refractivity contribution in [2.45, 2.75) is 51.5 Å². The SMILES string of the molecule is CC/C(=N/NC(=O)c1ccccc1)c1c(O)n(C2CCCCC2)c(=O)[nH]c1=O. The standard InChI is InChI=1S/C20H24N4O4/c1-2-15(22-23-17(25)13-9-5-3-6-10-13)16-18(26)21-20(28)24(19(16)27)14-11-7-4-8-12-14/h3,5-6,9-10,14,27H,2,4,7-8,11-12H2,1H3,(H,23,25)(H,21,26,28)/b22-15-. The summed E-state index contributed by atoms with van der Waals surface area (Å²) in [5.74, 6) is -0.821. The van der Waals surface area contributed by atoms with Crippen molar-refractivity contribution in [1.82, 2.24) is 15.0 Å². The highest BCUT2D eigenvalue weighted by molar-refractivity contribution is 6.03. The first-order valence-corrected chi connectivity index (χ1v) is 9.53. The van der Waals surface area contributed by atoms with Gasteiger partial charge in [-0.1, -0.05) is 44.4 Å². The number of carbonyl (C=O) groups excluding carboxylic acids is 1. The fraction of sp³-hybridized carbons (Fsp3) is 0.400. The zero-order valence-corrected chi connectivity index (χ0v) is 15.8. The van der Waals surface area contributed by atoms with Gasteiger partial charge in [-0.3, -0.25) is 19.1 Å². The molecule has 3 rings (SSSR count). The summed E-state index contributed by atoms with van der Waals surface area (Å²) in [5, 5.41) is 14.8. The summed E-state index contributed by atoms with van der Waals surface area (Å²) in [6.45, 7) is 1.75. The molecule has 0 bridgehead atoms. The average molecular weight is 384 g/mol. The highest BCUT2D eigenvalue weighted by Crippen LogP contribution is 2.30. The molecule has 0 spiro atoms. The van der Waals surface area contributed by atoms with Crippen LogP contribution >= 0.6 is 0 Å². The molecule has 8 heteroatoms. The Kier molecular flexibility index (Phi) is 6.08. The summed E-state index contributed by atoms with van der Waals surface area (Å²) in [4.78, 5) is 39.2. The summed E-state index contributed by atoms with van der Waals surface area (Å²) in [7, 11) is 0. The summed E-state index contributed by atoms with van der Waals surface area (Å²) >= 11 is 0. The van der Waals surface area contributed by atoms with Crippen LogP contribution in [0.15, 0.2) is 45.0 Å². The molecule has 28 heavy (non-hydrogen) atoms. The zero-order chi connectivity index (χ0) is 20.1. The summed E-state index contributed by atoms with van der Waals surface area (Å²) in [6, 6.07) is 8.39. The number of hydrogen-bond donors (Lipinski definition) is 3. The van der Waals surface area contributed by atoms with E-state index >= 15 is 0 Å². The molecule has 1 aliphatic carbocycles. The third kappa shape index (κ3) is 4.05. The first-order chi connectivity index (χ1) is 13.5. The van der Waals surface area contributed by atoms with Crippen molar-refractivity contribution in [1.29, 1.82) is 0 Å². The van der Waals surface area contributed by atoms with Crippen molar-refractivity contribution in [2.75, 3.05) is 0 Å². The van der Waals surface area contributed by atoms with Gasteiger partial charge >= 0.3 is 5.69 Å². The van der Waals surface area contributed by atoms with Gasteiger partial charge in [0.25, 0.3) is 11.5 Å². The molecule has 8 nitrogen and oxygen atoms in total. The van der Waals surface area contributed by atoms with Gasteiger partial charge in [0, 0.05) is 11.6 Å². The monoisotopic (exact) mass is 384 g/mol. The highest BCUT2D eigenvalue weighted by Gasteiger charge is 2.24. The van der Waals surface area contributed by atoms with E-state index in [1.165, 1.54) is 4.57 Å². The molecular formula is C20H24N4O4. The number of aromatic hydroxyl groups is 1. The van der Waals surface area contributed by atoms with Crippen LogP contribution in [0.2, 0.25) is 0 Å². The van der Waals surface area contributed by atoms with E-state index < -0.39 is 23.0 Å². The number of hydrogen-bond acceptors (Lipinski definition) is 5. The molecule has 0 radical (unpaired) electrons.